The molecule has 8 heteroatoms. The second-order valence-corrected chi connectivity index (χ2v) is 9.04. The molecule has 5 nitrogen and oxygen atoms in total. The Bertz CT molecular complexity index is 1240. The van der Waals surface area contributed by atoms with Crippen LogP contribution >= 0.6 is 24.0 Å². The first-order valence-corrected chi connectivity index (χ1v) is 11.7. The van der Waals surface area contributed by atoms with Gasteiger partial charge in [0.2, 0.25) is 0 Å². The van der Waals surface area contributed by atoms with Crippen molar-refractivity contribution in [3.63, 3.8) is 0 Å². The molecule has 174 valence electrons. The van der Waals surface area contributed by atoms with Crippen molar-refractivity contribution in [2.45, 2.75) is 6.92 Å². The maximum Gasteiger partial charge on any atom is 0.270 e. The number of amides is 1. The van der Waals surface area contributed by atoms with Gasteiger partial charge in [-0.15, -0.1) is 0 Å². The molecule has 0 aromatic heterocycles. The van der Waals surface area contributed by atoms with Gasteiger partial charge in [0, 0.05) is 5.56 Å². The van der Waals surface area contributed by atoms with Gasteiger partial charge in [-0.1, -0.05) is 42.2 Å². The van der Waals surface area contributed by atoms with Crippen molar-refractivity contribution in [3.05, 3.63) is 88.6 Å². The monoisotopic (exact) mass is 495 g/mol. The summed E-state index contributed by atoms with van der Waals surface area (Å²) in [5.41, 5.74) is 2.24. The van der Waals surface area contributed by atoms with E-state index in [-0.39, 0.29) is 11.7 Å². The predicted molar refractivity (Wildman–Crippen MR) is 137 cm³/mol. The molecule has 4 rings (SSSR count). The molecular weight excluding hydrogens is 473 g/mol. The van der Waals surface area contributed by atoms with Crippen LogP contribution in [0.4, 0.5) is 10.1 Å². The van der Waals surface area contributed by atoms with Gasteiger partial charge in [0.25, 0.3) is 5.91 Å². The van der Waals surface area contributed by atoms with Crippen LogP contribution in [0.3, 0.4) is 0 Å². The molecule has 1 fully saturated rings. The van der Waals surface area contributed by atoms with Crippen molar-refractivity contribution in [2.24, 2.45) is 0 Å². The van der Waals surface area contributed by atoms with Crippen LogP contribution in [-0.2, 0) is 4.79 Å². The van der Waals surface area contributed by atoms with Crippen LogP contribution in [0.2, 0.25) is 0 Å². The first kappa shape index (κ1) is 23.8. The maximum absolute atomic E-state index is 13.3. The molecule has 1 saturated heterocycles. The molecule has 0 atom stereocenters. The minimum Gasteiger partial charge on any atom is -0.497 e. The summed E-state index contributed by atoms with van der Waals surface area (Å²) >= 11 is 6.59. The molecule has 3 aromatic rings. The Labute approximate surface area is 207 Å². The second-order valence-electron chi connectivity index (χ2n) is 7.36. The number of rotatable bonds is 8. The first-order valence-electron chi connectivity index (χ1n) is 10.5. The Morgan fingerprint density at radius 3 is 2.41 bits per heavy atom. The summed E-state index contributed by atoms with van der Waals surface area (Å²) in [6.45, 7) is 2.67. The number of thioether (sulfide) groups is 1. The van der Waals surface area contributed by atoms with Crippen LogP contribution in [0.25, 0.3) is 6.08 Å². The molecule has 1 aliphatic heterocycles. The van der Waals surface area contributed by atoms with Crippen LogP contribution in [0, 0.1) is 12.7 Å². The normalized spacial score (nSPS) is 14.6. The van der Waals surface area contributed by atoms with E-state index < -0.39 is 0 Å². The number of halogens is 1. The van der Waals surface area contributed by atoms with Crippen LogP contribution in [0.5, 0.6) is 17.2 Å². The minimum atomic E-state index is -0.380. The molecule has 1 heterocycles. The zero-order chi connectivity index (χ0) is 24.1. The number of hydrogen-bond acceptors (Lipinski definition) is 6. The maximum atomic E-state index is 13.3. The fraction of sp³-hybridized carbons (Fsp3) is 0.154. The lowest BCUT2D eigenvalue weighted by Gasteiger charge is -2.14. The lowest BCUT2D eigenvalue weighted by molar-refractivity contribution is -0.113. The van der Waals surface area contributed by atoms with E-state index in [4.69, 9.17) is 26.4 Å². The average Bonchev–Trinajstić information content (AvgIpc) is 3.11. The zero-order valence-corrected chi connectivity index (χ0v) is 20.3. The van der Waals surface area contributed by atoms with Crippen molar-refractivity contribution in [1.82, 2.24) is 0 Å². The number of carbonyl (C=O) groups excluding carboxylic acids is 1. The zero-order valence-electron chi connectivity index (χ0n) is 18.6. The van der Waals surface area contributed by atoms with Crippen molar-refractivity contribution >= 4 is 46.0 Å². The lowest BCUT2D eigenvalue weighted by Crippen LogP contribution is -2.27. The molecule has 3 aromatic carbocycles. The summed E-state index contributed by atoms with van der Waals surface area (Å²) in [4.78, 5) is 14.9. The number of nitrogens with zero attached hydrogens (tertiary/aromatic N) is 1. The van der Waals surface area contributed by atoms with Crippen molar-refractivity contribution in [3.8, 4) is 17.2 Å². The third-order valence-corrected chi connectivity index (χ3v) is 6.38. The summed E-state index contributed by atoms with van der Waals surface area (Å²) in [6, 6.07) is 18.8. The number of benzene rings is 3. The topological polar surface area (TPSA) is 48.0 Å². The number of anilines is 1. The summed E-state index contributed by atoms with van der Waals surface area (Å²) in [5, 5.41) is 0. The fourth-order valence-electron chi connectivity index (χ4n) is 3.34. The van der Waals surface area contributed by atoms with Crippen LogP contribution in [-0.4, -0.2) is 30.6 Å². The van der Waals surface area contributed by atoms with E-state index in [0.29, 0.717) is 45.2 Å². The number of ether oxygens (including phenoxy) is 3. The molecule has 1 amide bonds. The smallest absolute Gasteiger partial charge is 0.270 e. The fourth-order valence-corrected chi connectivity index (χ4v) is 4.63. The third kappa shape index (κ3) is 5.40. The molecule has 0 radical (unpaired) electrons. The van der Waals surface area contributed by atoms with Gasteiger partial charge in [0.05, 0.1) is 17.7 Å². The molecule has 1 aliphatic rings. The Morgan fingerprint density at radius 1 is 1.00 bits per heavy atom. The SMILES string of the molecule is COc1ccc(OCCOc2ccccc2C)c(C=C2SC(=S)N(c3ccc(F)cc3)C2=O)c1. The summed E-state index contributed by atoms with van der Waals surface area (Å²) in [5.74, 6) is 1.36. The van der Waals surface area contributed by atoms with E-state index in [1.807, 2.05) is 31.2 Å². The van der Waals surface area contributed by atoms with Gasteiger partial charge >= 0.3 is 0 Å². The van der Waals surface area contributed by atoms with Crippen molar-refractivity contribution in [2.75, 3.05) is 25.2 Å². The molecular formula is C26H22FNO4S2. The third-order valence-electron chi connectivity index (χ3n) is 5.07. The van der Waals surface area contributed by atoms with Gasteiger partial charge < -0.3 is 14.2 Å². The molecule has 0 saturated carbocycles. The number of hydrogen-bond donors (Lipinski definition) is 0. The highest BCUT2D eigenvalue weighted by Gasteiger charge is 2.33. The molecule has 0 spiro atoms. The highest BCUT2D eigenvalue weighted by Crippen LogP contribution is 2.38. The van der Waals surface area contributed by atoms with Gasteiger partial charge in [0.1, 0.15) is 36.3 Å². The predicted octanol–water partition coefficient (Wildman–Crippen LogP) is 6.01. The number of para-hydroxylation sites is 1. The van der Waals surface area contributed by atoms with E-state index in [1.54, 1.807) is 31.4 Å². The van der Waals surface area contributed by atoms with E-state index in [0.717, 1.165) is 11.3 Å². The Balaban J connectivity index is 1.51. The van der Waals surface area contributed by atoms with E-state index >= 15 is 0 Å². The lowest BCUT2D eigenvalue weighted by atomic mass is 10.1. The summed E-state index contributed by atoms with van der Waals surface area (Å²) in [7, 11) is 1.57. The number of methoxy groups -OCH3 is 1. The van der Waals surface area contributed by atoms with Crippen LogP contribution in [0.1, 0.15) is 11.1 Å². The van der Waals surface area contributed by atoms with E-state index in [1.165, 1.54) is 40.9 Å². The Morgan fingerprint density at radius 2 is 1.71 bits per heavy atom. The molecule has 0 N–H and O–H groups in total. The standard InChI is InChI=1S/C26H22FNO4S2/c1-17-5-3-4-6-22(17)31-13-14-32-23-12-11-21(30-2)15-18(23)16-24-25(29)28(26(33)34-24)20-9-7-19(27)8-10-20/h3-12,15-16H,13-14H2,1-2H3. The molecule has 0 bridgehead atoms. The summed E-state index contributed by atoms with van der Waals surface area (Å²) in [6.07, 6.45) is 1.73. The average molecular weight is 496 g/mol. The van der Waals surface area contributed by atoms with Gasteiger partial charge in [-0.05, 0) is 67.1 Å². The number of thiocarbonyl (C=S) groups is 1. The van der Waals surface area contributed by atoms with E-state index in [2.05, 4.69) is 0 Å². The molecule has 0 aliphatic carbocycles. The largest absolute Gasteiger partial charge is 0.497 e. The Hall–Kier alpha value is -3.36. The Kier molecular flexibility index (Phi) is 7.49. The van der Waals surface area contributed by atoms with Gasteiger partial charge in [-0.3, -0.25) is 9.69 Å². The number of carbonyl (C=O) groups is 1. The van der Waals surface area contributed by atoms with Gasteiger partial charge in [0.15, 0.2) is 4.32 Å². The quantitative estimate of drug-likeness (QED) is 0.217. The molecule has 0 unspecified atom stereocenters. The van der Waals surface area contributed by atoms with Gasteiger partial charge in [-0.2, -0.15) is 0 Å². The highest BCUT2D eigenvalue weighted by molar-refractivity contribution is 8.27. The minimum absolute atomic E-state index is 0.279. The van der Waals surface area contributed by atoms with E-state index in [9.17, 15) is 9.18 Å². The van der Waals surface area contributed by atoms with Crippen molar-refractivity contribution in [1.29, 1.82) is 0 Å². The highest BCUT2D eigenvalue weighted by atomic mass is 32.2. The first-order chi connectivity index (χ1) is 16.5. The second kappa shape index (κ2) is 10.7. The van der Waals surface area contributed by atoms with Crippen LogP contribution < -0.4 is 19.1 Å². The number of aryl methyl sites for hydroxylation is 1. The molecule has 34 heavy (non-hydrogen) atoms. The summed E-state index contributed by atoms with van der Waals surface area (Å²) < 4.78 is 30.8. The van der Waals surface area contributed by atoms with Gasteiger partial charge in [-0.25, -0.2) is 4.39 Å². The van der Waals surface area contributed by atoms with Crippen molar-refractivity contribution < 1.29 is 23.4 Å². The van der Waals surface area contributed by atoms with Crippen LogP contribution in [0.15, 0.2) is 71.6 Å².